The van der Waals surface area contributed by atoms with Crippen molar-refractivity contribution in [1.29, 1.82) is 0 Å². The van der Waals surface area contributed by atoms with Gasteiger partial charge in [-0.1, -0.05) is 12.8 Å². The van der Waals surface area contributed by atoms with Gasteiger partial charge in [0.05, 0.1) is 6.10 Å². The van der Waals surface area contributed by atoms with Gasteiger partial charge in [0, 0.05) is 19.0 Å². The summed E-state index contributed by atoms with van der Waals surface area (Å²) in [5.74, 6) is 2.09. The standard InChI is InChI=1S/C13H22N4O/c14-10-5-1-2-6-11(10)18-9-13-16-15-12-7-3-4-8-17(12)13/h10-11H,1-9,14H2. The normalized spacial score (nSPS) is 28.1. The molecule has 1 aliphatic heterocycles. The molecule has 5 nitrogen and oxygen atoms in total. The van der Waals surface area contributed by atoms with Gasteiger partial charge >= 0.3 is 0 Å². The molecule has 0 amide bonds. The molecule has 1 aromatic heterocycles. The number of ether oxygens (including phenoxy) is 1. The SMILES string of the molecule is NC1CCCCC1OCc1nnc2n1CCCC2. The Labute approximate surface area is 108 Å². The molecule has 2 aliphatic rings. The highest BCUT2D eigenvalue weighted by molar-refractivity contribution is 4.98. The Kier molecular flexibility index (Phi) is 3.61. The summed E-state index contributed by atoms with van der Waals surface area (Å²) in [6.45, 7) is 1.60. The molecule has 0 bridgehead atoms. The fourth-order valence-electron chi connectivity index (χ4n) is 2.99. The zero-order chi connectivity index (χ0) is 12.4. The molecule has 0 radical (unpaired) electrons. The predicted molar refractivity (Wildman–Crippen MR) is 68.0 cm³/mol. The van der Waals surface area contributed by atoms with Crippen LogP contribution in [0.1, 0.15) is 50.2 Å². The number of hydrogen-bond donors (Lipinski definition) is 1. The van der Waals surface area contributed by atoms with Crippen molar-refractivity contribution < 1.29 is 4.74 Å². The Morgan fingerprint density at radius 1 is 1.17 bits per heavy atom. The molecular formula is C13H22N4O. The smallest absolute Gasteiger partial charge is 0.159 e. The van der Waals surface area contributed by atoms with Crippen LogP contribution in [-0.4, -0.2) is 26.9 Å². The third kappa shape index (κ3) is 2.42. The zero-order valence-electron chi connectivity index (χ0n) is 10.8. The molecular weight excluding hydrogens is 228 g/mol. The molecule has 1 aromatic rings. The molecule has 0 spiro atoms. The van der Waals surface area contributed by atoms with Crippen molar-refractivity contribution in [3.63, 3.8) is 0 Å². The molecule has 5 heteroatoms. The first-order valence-electron chi connectivity index (χ1n) is 7.13. The molecule has 1 saturated carbocycles. The maximum atomic E-state index is 6.09. The molecule has 1 fully saturated rings. The Morgan fingerprint density at radius 2 is 2.06 bits per heavy atom. The van der Waals surface area contributed by atoms with E-state index in [-0.39, 0.29) is 12.1 Å². The molecule has 2 N–H and O–H groups in total. The second-order valence-corrected chi connectivity index (χ2v) is 5.44. The highest BCUT2D eigenvalue weighted by atomic mass is 16.5. The summed E-state index contributed by atoms with van der Waals surface area (Å²) in [5.41, 5.74) is 6.09. The van der Waals surface area contributed by atoms with Gasteiger partial charge in [-0.25, -0.2) is 0 Å². The van der Waals surface area contributed by atoms with Crippen LogP contribution in [0.4, 0.5) is 0 Å². The summed E-state index contributed by atoms with van der Waals surface area (Å²) in [4.78, 5) is 0. The van der Waals surface area contributed by atoms with Gasteiger partial charge in [-0.05, 0) is 25.7 Å². The van der Waals surface area contributed by atoms with Crippen LogP contribution in [0, 0.1) is 0 Å². The molecule has 100 valence electrons. The Bertz CT molecular complexity index is 404. The number of nitrogens with zero attached hydrogens (tertiary/aromatic N) is 3. The van der Waals surface area contributed by atoms with E-state index < -0.39 is 0 Å². The number of hydrogen-bond acceptors (Lipinski definition) is 4. The van der Waals surface area contributed by atoms with Crippen molar-refractivity contribution in [1.82, 2.24) is 14.8 Å². The Morgan fingerprint density at radius 3 is 2.94 bits per heavy atom. The largest absolute Gasteiger partial charge is 0.369 e. The lowest BCUT2D eigenvalue weighted by Gasteiger charge is -2.28. The first-order valence-corrected chi connectivity index (χ1v) is 7.13. The minimum absolute atomic E-state index is 0.197. The highest BCUT2D eigenvalue weighted by Crippen LogP contribution is 2.21. The van der Waals surface area contributed by atoms with Gasteiger partial charge in [0.2, 0.25) is 0 Å². The third-order valence-electron chi connectivity index (χ3n) is 4.12. The first-order chi connectivity index (χ1) is 8.84. The van der Waals surface area contributed by atoms with E-state index in [0.717, 1.165) is 37.5 Å². The first kappa shape index (κ1) is 12.1. The van der Waals surface area contributed by atoms with Crippen LogP contribution in [0.3, 0.4) is 0 Å². The fourth-order valence-corrected chi connectivity index (χ4v) is 2.99. The topological polar surface area (TPSA) is 66.0 Å². The number of rotatable bonds is 3. The molecule has 1 aliphatic carbocycles. The summed E-state index contributed by atoms with van der Waals surface area (Å²) in [6.07, 6.45) is 8.35. The molecule has 3 rings (SSSR count). The van der Waals surface area contributed by atoms with Crippen molar-refractivity contribution in [3.05, 3.63) is 11.6 Å². The van der Waals surface area contributed by atoms with Crippen LogP contribution in [-0.2, 0) is 24.3 Å². The van der Waals surface area contributed by atoms with Crippen LogP contribution in [0.5, 0.6) is 0 Å². The maximum absolute atomic E-state index is 6.09. The molecule has 0 aromatic carbocycles. The quantitative estimate of drug-likeness (QED) is 0.880. The van der Waals surface area contributed by atoms with E-state index in [1.807, 2.05) is 0 Å². The van der Waals surface area contributed by atoms with Crippen LogP contribution in [0.2, 0.25) is 0 Å². The van der Waals surface area contributed by atoms with Gasteiger partial charge in [0.25, 0.3) is 0 Å². The van der Waals surface area contributed by atoms with Gasteiger partial charge in [-0.15, -0.1) is 10.2 Å². The van der Waals surface area contributed by atoms with Crippen molar-refractivity contribution in [3.8, 4) is 0 Å². The summed E-state index contributed by atoms with van der Waals surface area (Å²) < 4.78 is 8.18. The lowest BCUT2D eigenvalue weighted by molar-refractivity contribution is -0.000522. The van der Waals surface area contributed by atoms with Crippen molar-refractivity contribution >= 4 is 0 Å². The average Bonchev–Trinajstić information content (AvgIpc) is 2.81. The van der Waals surface area contributed by atoms with Gasteiger partial charge < -0.3 is 15.0 Å². The van der Waals surface area contributed by atoms with E-state index in [2.05, 4.69) is 14.8 Å². The average molecular weight is 250 g/mol. The zero-order valence-corrected chi connectivity index (χ0v) is 10.8. The van der Waals surface area contributed by atoms with Crippen LogP contribution in [0.15, 0.2) is 0 Å². The molecule has 0 saturated heterocycles. The van der Waals surface area contributed by atoms with Crippen LogP contribution >= 0.6 is 0 Å². The number of fused-ring (bicyclic) bond motifs is 1. The van der Waals surface area contributed by atoms with E-state index in [1.165, 1.54) is 25.7 Å². The van der Waals surface area contributed by atoms with E-state index in [4.69, 9.17) is 10.5 Å². The second kappa shape index (κ2) is 5.36. The van der Waals surface area contributed by atoms with E-state index in [0.29, 0.717) is 6.61 Å². The molecule has 18 heavy (non-hydrogen) atoms. The number of nitrogens with two attached hydrogens (primary N) is 1. The van der Waals surface area contributed by atoms with E-state index >= 15 is 0 Å². The minimum Gasteiger partial charge on any atom is -0.369 e. The van der Waals surface area contributed by atoms with Crippen LogP contribution in [0.25, 0.3) is 0 Å². The lowest BCUT2D eigenvalue weighted by Crippen LogP contribution is -2.39. The van der Waals surface area contributed by atoms with E-state index in [1.54, 1.807) is 0 Å². The fraction of sp³-hybridized carbons (Fsp3) is 0.846. The van der Waals surface area contributed by atoms with Crippen LogP contribution < -0.4 is 5.73 Å². The van der Waals surface area contributed by atoms with E-state index in [9.17, 15) is 0 Å². The van der Waals surface area contributed by atoms with Crippen molar-refractivity contribution in [2.75, 3.05) is 0 Å². The monoisotopic (exact) mass is 250 g/mol. The van der Waals surface area contributed by atoms with Gasteiger partial charge in [-0.3, -0.25) is 0 Å². The number of aryl methyl sites for hydroxylation is 1. The van der Waals surface area contributed by atoms with Crippen molar-refractivity contribution in [2.24, 2.45) is 5.73 Å². The summed E-state index contributed by atoms with van der Waals surface area (Å²) in [7, 11) is 0. The number of aromatic nitrogens is 3. The molecule has 2 heterocycles. The van der Waals surface area contributed by atoms with Gasteiger partial charge in [-0.2, -0.15) is 0 Å². The summed E-state index contributed by atoms with van der Waals surface area (Å²) in [6, 6.07) is 0.197. The Hall–Kier alpha value is -0.940. The molecule has 2 atom stereocenters. The minimum atomic E-state index is 0.197. The highest BCUT2D eigenvalue weighted by Gasteiger charge is 2.23. The molecule has 2 unspecified atom stereocenters. The summed E-state index contributed by atoms with van der Waals surface area (Å²) >= 11 is 0. The third-order valence-corrected chi connectivity index (χ3v) is 4.12. The second-order valence-electron chi connectivity index (χ2n) is 5.44. The maximum Gasteiger partial charge on any atom is 0.159 e. The van der Waals surface area contributed by atoms with Gasteiger partial charge in [0.1, 0.15) is 12.4 Å². The summed E-state index contributed by atoms with van der Waals surface area (Å²) in [5, 5.41) is 8.50. The Balaban J connectivity index is 1.61. The van der Waals surface area contributed by atoms with Crippen molar-refractivity contribution in [2.45, 2.75) is 70.2 Å². The predicted octanol–water partition coefficient (Wildman–Crippen LogP) is 1.40. The van der Waals surface area contributed by atoms with Gasteiger partial charge in [0.15, 0.2) is 5.82 Å². The lowest BCUT2D eigenvalue weighted by atomic mass is 9.93.